The fourth-order valence-corrected chi connectivity index (χ4v) is 4.22. The van der Waals surface area contributed by atoms with Gasteiger partial charge in [-0.25, -0.2) is 4.98 Å². The minimum Gasteiger partial charge on any atom is -0.492 e. The Bertz CT molecular complexity index is 901. The zero-order chi connectivity index (χ0) is 21.0. The minimum absolute atomic E-state index is 0. The van der Waals surface area contributed by atoms with Crippen molar-refractivity contribution in [3.05, 3.63) is 18.2 Å². The van der Waals surface area contributed by atoms with Crippen molar-refractivity contribution in [1.29, 1.82) is 0 Å². The standard InChI is InChI=1S/C20H26N4O4S.ClH/c1-4-28-14-7-5-8-15-19(14)21-20(29-15)23(12-6-11-22(2)3)18(27)13-24-16(25)9-10-17(24)26;/h5,7-8H,4,6,9-13H2,1-3H3;1H. The van der Waals surface area contributed by atoms with Crippen LogP contribution in [-0.4, -0.2) is 72.8 Å². The monoisotopic (exact) mass is 454 g/mol. The van der Waals surface area contributed by atoms with Gasteiger partial charge in [0.1, 0.15) is 17.8 Å². The molecule has 1 aliphatic rings. The molecule has 164 valence electrons. The lowest BCUT2D eigenvalue weighted by atomic mass is 10.3. The van der Waals surface area contributed by atoms with Gasteiger partial charge in [0.05, 0.1) is 11.3 Å². The Hall–Kier alpha value is -2.23. The van der Waals surface area contributed by atoms with Gasteiger partial charge in [0.15, 0.2) is 5.13 Å². The molecule has 0 bridgehead atoms. The number of imide groups is 1. The van der Waals surface area contributed by atoms with E-state index < -0.39 is 0 Å². The molecule has 0 N–H and O–H groups in total. The number of benzene rings is 1. The van der Waals surface area contributed by atoms with Gasteiger partial charge in [-0.15, -0.1) is 12.4 Å². The van der Waals surface area contributed by atoms with Crippen LogP contribution in [0.4, 0.5) is 5.13 Å². The van der Waals surface area contributed by atoms with Crippen LogP contribution < -0.4 is 9.64 Å². The number of fused-ring (bicyclic) bond motifs is 1. The Labute approximate surface area is 186 Å². The summed E-state index contributed by atoms with van der Waals surface area (Å²) in [5.41, 5.74) is 0.716. The number of hydrogen-bond donors (Lipinski definition) is 0. The van der Waals surface area contributed by atoms with E-state index in [1.165, 1.54) is 11.3 Å². The average molecular weight is 455 g/mol. The van der Waals surface area contributed by atoms with Crippen LogP contribution in [0.2, 0.25) is 0 Å². The highest BCUT2D eigenvalue weighted by atomic mass is 35.5. The summed E-state index contributed by atoms with van der Waals surface area (Å²) in [5.74, 6) is -0.207. The van der Waals surface area contributed by atoms with E-state index in [-0.39, 0.29) is 49.5 Å². The van der Waals surface area contributed by atoms with Gasteiger partial charge in [0, 0.05) is 19.4 Å². The van der Waals surface area contributed by atoms with E-state index in [4.69, 9.17) is 4.74 Å². The molecule has 0 radical (unpaired) electrons. The Morgan fingerprint density at radius 3 is 2.53 bits per heavy atom. The second kappa shape index (κ2) is 10.7. The molecular formula is C20H27ClN4O4S. The number of thiazole rings is 1. The Morgan fingerprint density at radius 2 is 1.90 bits per heavy atom. The van der Waals surface area contributed by atoms with Crippen LogP contribution in [0.25, 0.3) is 10.2 Å². The lowest BCUT2D eigenvalue weighted by molar-refractivity contribution is -0.141. The van der Waals surface area contributed by atoms with E-state index in [1.54, 1.807) is 4.90 Å². The number of ether oxygens (including phenoxy) is 1. The number of rotatable bonds is 9. The smallest absolute Gasteiger partial charge is 0.248 e. The van der Waals surface area contributed by atoms with Crippen LogP contribution in [0, 0.1) is 0 Å². The molecule has 1 fully saturated rings. The van der Waals surface area contributed by atoms with Crippen molar-refractivity contribution in [2.45, 2.75) is 26.2 Å². The number of amides is 3. The van der Waals surface area contributed by atoms with Crippen LogP contribution in [0.5, 0.6) is 5.75 Å². The van der Waals surface area contributed by atoms with Crippen LogP contribution in [-0.2, 0) is 14.4 Å². The third kappa shape index (κ3) is 5.47. The Balaban J connectivity index is 0.00000320. The van der Waals surface area contributed by atoms with Gasteiger partial charge in [-0.2, -0.15) is 0 Å². The van der Waals surface area contributed by atoms with Crippen molar-refractivity contribution in [3.63, 3.8) is 0 Å². The highest BCUT2D eigenvalue weighted by Crippen LogP contribution is 2.34. The predicted octanol–water partition coefficient (Wildman–Crippen LogP) is 2.55. The van der Waals surface area contributed by atoms with Gasteiger partial charge < -0.3 is 9.64 Å². The number of nitrogens with zero attached hydrogens (tertiary/aromatic N) is 4. The molecule has 0 aliphatic carbocycles. The Morgan fingerprint density at radius 1 is 1.20 bits per heavy atom. The van der Waals surface area contributed by atoms with Crippen molar-refractivity contribution in [1.82, 2.24) is 14.8 Å². The second-order valence-corrected chi connectivity index (χ2v) is 8.12. The average Bonchev–Trinajstić information content (AvgIpc) is 3.24. The van der Waals surface area contributed by atoms with Gasteiger partial charge in [-0.3, -0.25) is 24.2 Å². The molecular weight excluding hydrogens is 428 g/mol. The number of para-hydroxylation sites is 1. The van der Waals surface area contributed by atoms with Crippen LogP contribution >= 0.6 is 23.7 Å². The lowest BCUT2D eigenvalue weighted by Gasteiger charge is -2.23. The van der Waals surface area contributed by atoms with E-state index in [0.717, 1.165) is 22.6 Å². The van der Waals surface area contributed by atoms with E-state index in [1.807, 2.05) is 44.1 Å². The predicted molar refractivity (Wildman–Crippen MR) is 120 cm³/mol. The van der Waals surface area contributed by atoms with E-state index in [0.29, 0.717) is 29.5 Å². The SMILES string of the molecule is CCOc1cccc2sc(N(CCCN(C)C)C(=O)CN3C(=O)CCC3=O)nc12.Cl. The summed E-state index contributed by atoms with van der Waals surface area (Å²) >= 11 is 1.40. The topological polar surface area (TPSA) is 83.0 Å². The molecule has 3 amide bonds. The molecule has 10 heteroatoms. The highest BCUT2D eigenvalue weighted by molar-refractivity contribution is 7.22. The third-order valence-electron chi connectivity index (χ3n) is 4.64. The van der Waals surface area contributed by atoms with Gasteiger partial charge in [-0.05, 0) is 46.1 Å². The number of aromatic nitrogens is 1. The maximum atomic E-state index is 13.1. The molecule has 2 aromatic rings. The number of likely N-dealkylation sites (tertiary alicyclic amines) is 1. The fraction of sp³-hybridized carbons (Fsp3) is 0.500. The number of carbonyl (C=O) groups is 3. The molecule has 1 aromatic heterocycles. The van der Waals surface area contributed by atoms with Crippen molar-refractivity contribution < 1.29 is 19.1 Å². The van der Waals surface area contributed by atoms with Crippen molar-refractivity contribution in [2.24, 2.45) is 0 Å². The van der Waals surface area contributed by atoms with Gasteiger partial charge >= 0.3 is 0 Å². The largest absolute Gasteiger partial charge is 0.492 e. The molecule has 0 saturated carbocycles. The quantitative estimate of drug-likeness (QED) is 0.541. The summed E-state index contributed by atoms with van der Waals surface area (Å²) in [7, 11) is 3.94. The first-order valence-corrected chi connectivity index (χ1v) is 10.5. The molecule has 0 spiro atoms. The van der Waals surface area contributed by atoms with Crippen molar-refractivity contribution in [2.75, 3.05) is 45.2 Å². The first-order chi connectivity index (χ1) is 13.9. The zero-order valence-electron chi connectivity index (χ0n) is 17.4. The minimum atomic E-state index is -0.302. The summed E-state index contributed by atoms with van der Waals surface area (Å²) in [4.78, 5) is 46.3. The third-order valence-corrected chi connectivity index (χ3v) is 5.68. The summed E-state index contributed by atoms with van der Waals surface area (Å²) < 4.78 is 6.58. The molecule has 2 heterocycles. The summed E-state index contributed by atoms with van der Waals surface area (Å²) in [6.45, 7) is 3.45. The molecule has 30 heavy (non-hydrogen) atoms. The molecule has 1 aliphatic heterocycles. The van der Waals surface area contributed by atoms with Crippen LogP contribution in [0.1, 0.15) is 26.2 Å². The van der Waals surface area contributed by atoms with Crippen molar-refractivity contribution in [3.8, 4) is 5.75 Å². The molecule has 8 nitrogen and oxygen atoms in total. The summed E-state index contributed by atoms with van der Waals surface area (Å²) in [5, 5.41) is 0.551. The number of anilines is 1. The van der Waals surface area contributed by atoms with Gasteiger partial charge in [0.2, 0.25) is 17.7 Å². The molecule has 0 unspecified atom stereocenters. The molecule has 0 atom stereocenters. The van der Waals surface area contributed by atoms with E-state index in [9.17, 15) is 14.4 Å². The molecule has 1 saturated heterocycles. The zero-order valence-corrected chi connectivity index (χ0v) is 19.1. The van der Waals surface area contributed by atoms with Crippen LogP contribution in [0.3, 0.4) is 0 Å². The number of carbonyl (C=O) groups excluding carboxylic acids is 3. The maximum absolute atomic E-state index is 13.1. The Kier molecular flexibility index (Phi) is 8.57. The molecule has 3 rings (SSSR count). The van der Waals surface area contributed by atoms with E-state index >= 15 is 0 Å². The lowest BCUT2D eigenvalue weighted by Crippen LogP contribution is -2.43. The van der Waals surface area contributed by atoms with E-state index in [2.05, 4.69) is 4.98 Å². The molecule has 1 aromatic carbocycles. The first kappa shape index (κ1) is 24.0. The van der Waals surface area contributed by atoms with Gasteiger partial charge in [-0.1, -0.05) is 17.4 Å². The number of hydrogen-bond acceptors (Lipinski definition) is 7. The second-order valence-electron chi connectivity index (χ2n) is 7.11. The first-order valence-electron chi connectivity index (χ1n) is 9.71. The fourth-order valence-electron chi connectivity index (χ4n) is 3.19. The van der Waals surface area contributed by atoms with Gasteiger partial charge in [0.25, 0.3) is 0 Å². The van der Waals surface area contributed by atoms with Crippen LogP contribution in [0.15, 0.2) is 18.2 Å². The summed E-state index contributed by atoms with van der Waals surface area (Å²) in [6, 6.07) is 5.69. The highest BCUT2D eigenvalue weighted by Gasteiger charge is 2.32. The van der Waals surface area contributed by atoms with Crippen molar-refractivity contribution >= 4 is 56.8 Å². The number of halogens is 1. The summed E-state index contributed by atoms with van der Waals surface area (Å²) in [6.07, 6.45) is 1.09. The maximum Gasteiger partial charge on any atom is 0.248 e. The normalized spacial score (nSPS) is 13.8.